The molecular formula is C33H32O6S. The van der Waals surface area contributed by atoms with E-state index in [1.807, 2.05) is 121 Å². The van der Waals surface area contributed by atoms with Gasteiger partial charge in [-0.1, -0.05) is 121 Å². The smallest absolute Gasteiger partial charge is 0.335 e. The predicted octanol–water partition coefficient (Wildman–Crippen LogP) is 6.34. The fourth-order valence-corrected chi connectivity index (χ4v) is 5.71. The summed E-state index contributed by atoms with van der Waals surface area (Å²) >= 11 is 1.42. The van der Waals surface area contributed by atoms with Crippen LogP contribution in [0.15, 0.2) is 126 Å². The lowest BCUT2D eigenvalue weighted by Gasteiger charge is -2.44. The van der Waals surface area contributed by atoms with Gasteiger partial charge in [0.1, 0.15) is 23.7 Å². The summed E-state index contributed by atoms with van der Waals surface area (Å²) in [6, 6.07) is 39.1. The third-order valence-electron chi connectivity index (χ3n) is 6.59. The Hall–Kier alpha value is -3.46. The molecule has 0 radical (unpaired) electrons. The molecule has 7 heteroatoms. The zero-order valence-electron chi connectivity index (χ0n) is 22.0. The minimum absolute atomic E-state index is 0.214. The van der Waals surface area contributed by atoms with E-state index in [9.17, 15) is 9.90 Å². The molecule has 0 aliphatic carbocycles. The number of hydrogen-bond acceptors (Lipinski definition) is 6. The molecule has 0 amide bonds. The van der Waals surface area contributed by atoms with Crippen LogP contribution in [0.3, 0.4) is 0 Å². The van der Waals surface area contributed by atoms with Crippen molar-refractivity contribution in [2.75, 3.05) is 0 Å². The van der Waals surface area contributed by atoms with Crippen LogP contribution < -0.4 is 0 Å². The number of carbonyl (C=O) groups is 1. The first-order valence-electron chi connectivity index (χ1n) is 13.2. The van der Waals surface area contributed by atoms with Crippen LogP contribution in [0.1, 0.15) is 16.7 Å². The van der Waals surface area contributed by atoms with E-state index in [0.29, 0.717) is 6.61 Å². The van der Waals surface area contributed by atoms with Crippen LogP contribution in [-0.2, 0) is 43.6 Å². The van der Waals surface area contributed by atoms with Crippen LogP contribution in [0.4, 0.5) is 0 Å². The van der Waals surface area contributed by atoms with Gasteiger partial charge < -0.3 is 24.1 Å². The van der Waals surface area contributed by atoms with Crippen LogP contribution in [-0.4, -0.2) is 40.9 Å². The second-order valence-electron chi connectivity index (χ2n) is 9.48. The van der Waals surface area contributed by atoms with Crippen molar-refractivity contribution in [3.8, 4) is 0 Å². The van der Waals surface area contributed by atoms with Gasteiger partial charge in [-0.3, -0.25) is 0 Å². The van der Waals surface area contributed by atoms with Crippen molar-refractivity contribution >= 4 is 17.7 Å². The van der Waals surface area contributed by atoms with Gasteiger partial charge in [0, 0.05) is 4.90 Å². The number of carboxylic acids is 1. The van der Waals surface area contributed by atoms with Crippen LogP contribution in [0.2, 0.25) is 0 Å². The molecule has 6 nitrogen and oxygen atoms in total. The Balaban J connectivity index is 1.47. The molecule has 1 heterocycles. The second kappa shape index (κ2) is 14.3. The van der Waals surface area contributed by atoms with Gasteiger partial charge in [-0.2, -0.15) is 0 Å². The number of aliphatic carboxylic acids is 1. The summed E-state index contributed by atoms with van der Waals surface area (Å²) in [7, 11) is 0. The molecule has 0 aromatic heterocycles. The van der Waals surface area contributed by atoms with E-state index in [4.69, 9.17) is 18.9 Å². The van der Waals surface area contributed by atoms with E-state index in [1.54, 1.807) is 0 Å². The topological polar surface area (TPSA) is 74.2 Å². The van der Waals surface area contributed by atoms with Gasteiger partial charge in [-0.05, 0) is 28.8 Å². The maximum Gasteiger partial charge on any atom is 0.335 e. The summed E-state index contributed by atoms with van der Waals surface area (Å²) in [5.41, 5.74) is 2.24. The van der Waals surface area contributed by atoms with Crippen LogP contribution in [0, 0.1) is 0 Å². The molecule has 5 atom stereocenters. The van der Waals surface area contributed by atoms with Crippen molar-refractivity contribution in [3.05, 3.63) is 138 Å². The van der Waals surface area contributed by atoms with E-state index >= 15 is 0 Å². The van der Waals surface area contributed by atoms with E-state index in [1.165, 1.54) is 11.8 Å². The van der Waals surface area contributed by atoms with E-state index < -0.39 is 35.8 Å². The van der Waals surface area contributed by atoms with Crippen LogP contribution in [0.5, 0.6) is 0 Å². The number of carboxylic acid groups (broad SMARTS) is 1. The number of benzene rings is 4. The fraction of sp³-hybridized carbons (Fsp3) is 0.242. The summed E-state index contributed by atoms with van der Waals surface area (Å²) in [6.07, 6.45) is -3.49. The fourth-order valence-electron chi connectivity index (χ4n) is 4.59. The van der Waals surface area contributed by atoms with Crippen molar-refractivity contribution in [2.45, 2.75) is 54.6 Å². The molecule has 0 unspecified atom stereocenters. The number of thioether (sulfide) groups is 1. The Kier molecular flexibility index (Phi) is 10.0. The largest absolute Gasteiger partial charge is 0.479 e. The molecule has 4 aromatic carbocycles. The molecule has 40 heavy (non-hydrogen) atoms. The maximum atomic E-state index is 12.6. The highest BCUT2D eigenvalue weighted by Crippen LogP contribution is 2.38. The molecule has 4 aromatic rings. The number of ether oxygens (including phenoxy) is 4. The molecule has 1 saturated heterocycles. The highest BCUT2D eigenvalue weighted by molar-refractivity contribution is 7.99. The Morgan fingerprint density at radius 1 is 0.600 bits per heavy atom. The Morgan fingerprint density at radius 3 is 1.45 bits per heavy atom. The minimum Gasteiger partial charge on any atom is -0.479 e. The van der Waals surface area contributed by atoms with Crippen LogP contribution >= 0.6 is 11.8 Å². The average Bonchev–Trinajstić information content (AvgIpc) is 3.00. The van der Waals surface area contributed by atoms with Gasteiger partial charge in [0.2, 0.25) is 0 Å². The zero-order chi connectivity index (χ0) is 27.6. The van der Waals surface area contributed by atoms with E-state index in [0.717, 1.165) is 21.6 Å². The molecule has 0 spiro atoms. The molecule has 206 valence electrons. The molecular weight excluding hydrogens is 524 g/mol. The first-order chi connectivity index (χ1) is 19.7. The van der Waals surface area contributed by atoms with Gasteiger partial charge in [-0.15, -0.1) is 0 Å². The van der Waals surface area contributed by atoms with Crippen LogP contribution in [0.25, 0.3) is 0 Å². The number of rotatable bonds is 12. The third kappa shape index (κ3) is 7.59. The average molecular weight is 557 g/mol. The van der Waals surface area contributed by atoms with Gasteiger partial charge in [-0.25, -0.2) is 4.79 Å². The van der Waals surface area contributed by atoms with Gasteiger partial charge in [0.15, 0.2) is 6.10 Å². The normalized spacial score (nSPS) is 22.6. The van der Waals surface area contributed by atoms with Crippen molar-refractivity contribution < 1.29 is 28.8 Å². The highest BCUT2D eigenvalue weighted by atomic mass is 32.2. The van der Waals surface area contributed by atoms with Gasteiger partial charge >= 0.3 is 5.97 Å². The van der Waals surface area contributed by atoms with Crippen molar-refractivity contribution in [2.24, 2.45) is 0 Å². The van der Waals surface area contributed by atoms with E-state index in [-0.39, 0.29) is 13.2 Å². The van der Waals surface area contributed by atoms with Crippen molar-refractivity contribution in [3.63, 3.8) is 0 Å². The highest BCUT2D eigenvalue weighted by Gasteiger charge is 2.51. The standard InChI is InChI=1S/C33H32O6S/c34-32(35)30-28(36-21-24-13-5-1-6-14-24)29(37-22-25-15-7-2-8-16-25)31(38-23-26-17-9-3-10-18-26)33(39-30)40-27-19-11-4-12-20-27/h1-20,28-31,33H,21-23H2,(H,34,35)/t28-,29-,30-,31+,33-/m0/s1. The Morgan fingerprint density at radius 2 is 1.00 bits per heavy atom. The summed E-state index contributed by atoms with van der Waals surface area (Å²) in [6.45, 7) is 0.803. The molecule has 0 saturated carbocycles. The SMILES string of the molecule is O=C(O)[C@H]1O[C@@H](Sc2ccccc2)[C@H](OCc2ccccc2)[C@@H](OCc2ccccc2)[C@@H]1OCc1ccccc1. The third-order valence-corrected chi connectivity index (χ3v) is 7.75. The summed E-state index contributed by atoms with van der Waals surface area (Å²) < 4.78 is 25.6. The Labute approximate surface area is 238 Å². The lowest BCUT2D eigenvalue weighted by atomic mass is 9.98. The predicted molar refractivity (Wildman–Crippen MR) is 154 cm³/mol. The molecule has 1 aliphatic rings. The summed E-state index contributed by atoms with van der Waals surface area (Å²) in [4.78, 5) is 13.5. The molecule has 1 N–H and O–H groups in total. The maximum absolute atomic E-state index is 12.6. The van der Waals surface area contributed by atoms with Gasteiger partial charge in [0.25, 0.3) is 0 Å². The molecule has 5 rings (SSSR count). The molecule has 1 aliphatic heterocycles. The molecule has 0 bridgehead atoms. The molecule has 1 fully saturated rings. The zero-order valence-corrected chi connectivity index (χ0v) is 22.8. The lowest BCUT2D eigenvalue weighted by molar-refractivity contribution is -0.248. The van der Waals surface area contributed by atoms with Crippen molar-refractivity contribution in [1.29, 1.82) is 0 Å². The van der Waals surface area contributed by atoms with Gasteiger partial charge in [0.05, 0.1) is 19.8 Å². The quantitative estimate of drug-likeness (QED) is 0.218. The minimum atomic E-state index is -1.25. The monoisotopic (exact) mass is 556 g/mol. The summed E-state index contributed by atoms with van der Waals surface area (Å²) in [5.74, 6) is -1.11. The second-order valence-corrected chi connectivity index (χ2v) is 10.6. The van der Waals surface area contributed by atoms with E-state index in [2.05, 4.69) is 0 Å². The Bertz CT molecular complexity index is 1310. The number of hydrogen-bond donors (Lipinski definition) is 1. The first-order valence-corrected chi connectivity index (χ1v) is 14.1. The summed E-state index contributed by atoms with van der Waals surface area (Å²) in [5, 5.41) is 10.3. The lowest BCUT2D eigenvalue weighted by Crippen LogP contribution is -2.61. The first kappa shape index (κ1) is 28.1. The van der Waals surface area contributed by atoms with Crippen molar-refractivity contribution in [1.82, 2.24) is 0 Å².